The first kappa shape index (κ1) is 11.2. The van der Waals surface area contributed by atoms with Gasteiger partial charge in [-0.15, -0.1) is 0 Å². The lowest BCUT2D eigenvalue weighted by molar-refractivity contribution is 0.387. The summed E-state index contributed by atoms with van der Waals surface area (Å²) >= 11 is 0. The molecule has 0 saturated carbocycles. The van der Waals surface area contributed by atoms with Crippen molar-refractivity contribution in [2.24, 2.45) is 11.7 Å². The highest BCUT2D eigenvalue weighted by Crippen LogP contribution is 2.22. The number of likely N-dealkylation sites (tertiary alicyclic amines) is 1. The van der Waals surface area contributed by atoms with E-state index in [4.69, 9.17) is 5.73 Å². The van der Waals surface area contributed by atoms with Crippen molar-refractivity contribution >= 4 is 0 Å². The fraction of sp³-hybridized carbons (Fsp3) is 0.769. The molecule has 2 atom stereocenters. The van der Waals surface area contributed by atoms with Crippen LogP contribution >= 0.6 is 0 Å². The molecular weight excluding hydrogens is 212 g/mol. The van der Waals surface area contributed by atoms with Crippen molar-refractivity contribution in [3.63, 3.8) is 0 Å². The molecule has 17 heavy (non-hydrogen) atoms. The molecule has 0 bridgehead atoms. The average Bonchev–Trinajstić information content (AvgIpc) is 2.86. The summed E-state index contributed by atoms with van der Waals surface area (Å²) in [6.45, 7) is 3.53. The number of rotatable bonds is 2. The minimum Gasteiger partial charge on any atom is -0.332 e. The van der Waals surface area contributed by atoms with Crippen LogP contribution in [0.15, 0.2) is 6.20 Å². The lowest BCUT2D eigenvalue weighted by atomic mass is 10.0. The van der Waals surface area contributed by atoms with Crippen LogP contribution < -0.4 is 5.73 Å². The van der Waals surface area contributed by atoms with Crippen molar-refractivity contribution in [1.82, 2.24) is 14.5 Å². The van der Waals surface area contributed by atoms with Gasteiger partial charge in [-0.3, -0.25) is 0 Å². The molecule has 2 unspecified atom stereocenters. The van der Waals surface area contributed by atoms with Gasteiger partial charge in [-0.2, -0.15) is 0 Å². The van der Waals surface area contributed by atoms with E-state index in [0.717, 1.165) is 31.7 Å². The third-order valence-corrected chi connectivity index (χ3v) is 4.18. The summed E-state index contributed by atoms with van der Waals surface area (Å²) < 4.78 is 2.40. The minimum atomic E-state index is 0.338. The number of aromatic nitrogens is 2. The van der Waals surface area contributed by atoms with Gasteiger partial charge in [0, 0.05) is 43.9 Å². The fourth-order valence-electron chi connectivity index (χ4n) is 3.17. The molecule has 1 aromatic heterocycles. The number of hydrogen-bond donors (Lipinski definition) is 1. The van der Waals surface area contributed by atoms with Gasteiger partial charge in [0.15, 0.2) is 0 Å². The highest BCUT2D eigenvalue weighted by Gasteiger charge is 2.24. The molecule has 0 aliphatic carbocycles. The van der Waals surface area contributed by atoms with E-state index < -0.39 is 0 Å². The fourth-order valence-corrected chi connectivity index (χ4v) is 3.17. The maximum Gasteiger partial charge on any atom is 0.109 e. The van der Waals surface area contributed by atoms with Crippen LogP contribution in [0.25, 0.3) is 0 Å². The number of nitrogens with two attached hydrogens (primary N) is 1. The zero-order valence-corrected chi connectivity index (χ0v) is 10.6. The Hall–Kier alpha value is -0.870. The van der Waals surface area contributed by atoms with Crippen molar-refractivity contribution in [3.8, 4) is 0 Å². The quantitative estimate of drug-likeness (QED) is 0.817. The molecule has 2 aliphatic heterocycles. The van der Waals surface area contributed by atoms with E-state index in [9.17, 15) is 0 Å². The van der Waals surface area contributed by atoms with Gasteiger partial charge in [-0.25, -0.2) is 4.98 Å². The molecular formula is C13H22N4. The number of imidazole rings is 1. The Balaban J connectivity index is 1.72. The predicted octanol–water partition coefficient (Wildman–Crippen LogP) is 0.651. The van der Waals surface area contributed by atoms with Gasteiger partial charge < -0.3 is 15.2 Å². The molecule has 1 fully saturated rings. The molecule has 1 aromatic rings. The van der Waals surface area contributed by atoms with E-state index in [1.165, 1.54) is 31.0 Å². The zero-order chi connectivity index (χ0) is 11.8. The first-order valence-corrected chi connectivity index (χ1v) is 6.70. The van der Waals surface area contributed by atoms with Crippen molar-refractivity contribution in [2.45, 2.75) is 38.3 Å². The summed E-state index contributed by atoms with van der Waals surface area (Å²) in [4.78, 5) is 7.03. The normalized spacial score (nSPS) is 29.5. The monoisotopic (exact) mass is 234 g/mol. The molecule has 0 radical (unpaired) electrons. The Morgan fingerprint density at radius 2 is 2.29 bits per heavy atom. The summed E-state index contributed by atoms with van der Waals surface area (Å²) in [5, 5.41) is 0. The van der Waals surface area contributed by atoms with Crippen LogP contribution in [-0.4, -0.2) is 40.6 Å². The first-order chi connectivity index (χ1) is 8.22. The lowest BCUT2D eigenvalue weighted by Crippen LogP contribution is -2.31. The van der Waals surface area contributed by atoms with E-state index in [2.05, 4.69) is 21.5 Å². The van der Waals surface area contributed by atoms with Gasteiger partial charge in [0.05, 0.1) is 0 Å². The summed E-state index contributed by atoms with van der Waals surface area (Å²) in [5.41, 5.74) is 7.33. The molecule has 0 amide bonds. The van der Waals surface area contributed by atoms with Gasteiger partial charge in [-0.05, 0) is 32.4 Å². The highest BCUT2D eigenvalue weighted by atomic mass is 15.1. The molecule has 0 spiro atoms. The molecule has 3 rings (SSSR count). The standard InChI is InChI=1S/C13H22N4/c1-16-4-2-10(9-16)6-13-15-8-12-7-11(14)3-5-17(12)13/h8,10-11H,2-7,9,14H2,1H3. The van der Waals surface area contributed by atoms with Crippen LogP contribution in [0.4, 0.5) is 0 Å². The van der Waals surface area contributed by atoms with Crippen LogP contribution in [0, 0.1) is 5.92 Å². The summed E-state index contributed by atoms with van der Waals surface area (Å²) in [7, 11) is 2.21. The number of hydrogen-bond acceptors (Lipinski definition) is 3. The zero-order valence-electron chi connectivity index (χ0n) is 10.6. The van der Waals surface area contributed by atoms with Crippen LogP contribution in [0.3, 0.4) is 0 Å². The maximum atomic E-state index is 5.99. The first-order valence-electron chi connectivity index (χ1n) is 6.70. The molecule has 2 N–H and O–H groups in total. The van der Waals surface area contributed by atoms with Gasteiger partial charge in [-0.1, -0.05) is 0 Å². The molecule has 0 aromatic carbocycles. The van der Waals surface area contributed by atoms with Crippen molar-refractivity contribution in [3.05, 3.63) is 17.7 Å². The topological polar surface area (TPSA) is 47.1 Å². The lowest BCUT2D eigenvalue weighted by Gasteiger charge is -2.22. The summed E-state index contributed by atoms with van der Waals surface area (Å²) in [6.07, 6.45) is 6.59. The number of fused-ring (bicyclic) bond motifs is 1. The van der Waals surface area contributed by atoms with Gasteiger partial charge in [0.1, 0.15) is 5.82 Å². The second-order valence-corrected chi connectivity index (χ2v) is 5.69. The second-order valence-electron chi connectivity index (χ2n) is 5.69. The molecule has 3 heterocycles. The SMILES string of the molecule is CN1CCC(Cc2ncc3n2CCC(N)C3)C1. The van der Waals surface area contributed by atoms with Crippen LogP contribution in [0.1, 0.15) is 24.4 Å². The number of nitrogens with zero attached hydrogens (tertiary/aromatic N) is 3. The van der Waals surface area contributed by atoms with Gasteiger partial charge >= 0.3 is 0 Å². The van der Waals surface area contributed by atoms with Crippen molar-refractivity contribution < 1.29 is 0 Å². The van der Waals surface area contributed by atoms with E-state index in [1.54, 1.807) is 0 Å². The summed E-state index contributed by atoms with van der Waals surface area (Å²) in [6, 6.07) is 0.338. The van der Waals surface area contributed by atoms with Crippen molar-refractivity contribution in [2.75, 3.05) is 20.1 Å². The largest absolute Gasteiger partial charge is 0.332 e. The Kier molecular flexibility index (Phi) is 2.92. The van der Waals surface area contributed by atoms with Crippen molar-refractivity contribution in [1.29, 1.82) is 0 Å². The van der Waals surface area contributed by atoms with E-state index in [-0.39, 0.29) is 0 Å². The Morgan fingerprint density at radius 3 is 3.06 bits per heavy atom. The van der Waals surface area contributed by atoms with E-state index in [0.29, 0.717) is 6.04 Å². The van der Waals surface area contributed by atoms with E-state index >= 15 is 0 Å². The molecule has 4 nitrogen and oxygen atoms in total. The van der Waals surface area contributed by atoms with Gasteiger partial charge in [0.25, 0.3) is 0 Å². The van der Waals surface area contributed by atoms with E-state index in [1.807, 2.05) is 6.20 Å². The third-order valence-electron chi connectivity index (χ3n) is 4.18. The molecule has 4 heteroatoms. The Bertz CT molecular complexity index is 398. The van der Waals surface area contributed by atoms with Crippen LogP contribution in [0.2, 0.25) is 0 Å². The molecule has 1 saturated heterocycles. The highest BCUT2D eigenvalue weighted by molar-refractivity contribution is 5.10. The average molecular weight is 234 g/mol. The minimum absolute atomic E-state index is 0.338. The maximum absolute atomic E-state index is 5.99. The van der Waals surface area contributed by atoms with Crippen LogP contribution in [0.5, 0.6) is 0 Å². The molecule has 2 aliphatic rings. The van der Waals surface area contributed by atoms with Crippen LogP contribution in [-0.2, 0) is 19.4 Å². The Morgan fingerprint density at radius 1 is 1.41 bits per heavy atom. The molecule has 94 valence electrons. The van der Waals surface area contributed by atoms with Gasteiger partial charge in [0.2, 0.25) is 0 Å². The predicted molar refractivity (Wildman–Crippen MR) is 67.8 cm³/mol. The second kappa shape index (κ2) is 4.42. The summed E-state index contributed by atoms with van der Waals surface area (Å²) in [5.74, 6) is 2.08. The smallest absolute Gasteiger partial charge is 0.109 e. The third kappa shape index (κ3) is 2.24. The Labute approximate surface area is 103 Å².